The summed E-state index contributed by atoms with van der Waals surface area (Å²) in [6.07, 6.45) is 0. The highest BCUT2D eigenvalue weighted by Gasteiger charge is 2.41. The van der Waals surface area contributed by atoms with Crippen LogP contribution in [0.1, 0.15) is 0 Å². The maximum atomic E-state index is 5.38. The minimum Gasteiger partial charge on any atom is -0.307 e. The van der Waals surface area contributed by atoms with Crippen LogP contribution < -0.4 is 20.7 Å². The molecule has 0 saturated heterocycles. The smallest absolute Gasteiger partial charge is 0.220 e. The Balaban J connectivity index is 1.16. The van der Waals surface area contributed by atoms with Crippen molar-refractivity contribution in [1.82, 2.24) is 23.1 Å². The van der Waals surface area contributed by atoms with Crippen LogP contribution in [0, 0.1) is 0 Å². The van der Waals surface area contributed by atoms with Crippen molar-refractivity contribution in [3.8, 4) is 17.1 Å². The quantitative estimate of drug-likeness (QED) is 0.116. The van der Waals surface area contributed by atoms with Gasteiger partial charge in [-0.1, -0.05) is 182 Å². The Bertz CT molecular complexity index is 4070. The molecule has 314 valence electrons. The van der Waals surface area contributed by atoms with Gasteiger partial charge in [-0.25, -0.2) is 4.98 Å². The first-order valence-corrected chi connectivity index (χ1v) is 25.0. The molecule has 0 unspecified atom stereocenters. The second-order valence-electron chi connectivity index (χ2n) is 17.5. The summed E-state index contributed by atoms with van der Waals surface area (Å²) in [6.45, 7) is 0. The zero-order valence-electron chi connectivity index (χ0n) is 36.4. The lowest BCUT2D eigenvalue weighted by molar-refractivity contribution is 1.10. The van der Waals surface area contributed by atoms with Crippen LogP contribution in [0.25, 0.3) is 88.5 Å². The predicted octanol–water partition coefficient (Wildman–Crippen LogP) is 12.0. The lowest BCUT2D eigenvalue weighted by atomic mass is 10.1. The molecule has 0 aliphatic carbocycles. The van der Waals surface area contributed by atoms with E-state index in [1.807, 2.05) is 0 Å². The van der Waals surface area contributed by atoms with Gasteiger partial charge in [-0.15, -0.1) is 0 Å². The summed E-state index contributed by atoms with van der Waals surface area (Å²) in [5.74, 6) is 0.886. The first-order chi connectivity index (χ1) is 33.3. The molecule has 0 radical (unpaired) electrons. The summed E-state index contributed by atoms with van der Waals surface area (Å²) in [4.78, 5) is 5.38. The SMILES string of the molecule is c1ccc([Si](c2ccccc2)(c2ccccc2)c2cccc(-n3c4ccccc4c4c(-n5c6ccccc6n6c7ccccc7nc56)ccc(-n5c6ccccc6c6ccccc65)c43)c2)cc1. The van der Waals surface area contributed by atoms with Gasteiger partial charge >= 0.3 is 0 Å². The van der Waals surface area contributed by atoms with Gasteiger partial charge < -0.3 is 9.13 Å². The number of para-hydroxylation sites is 7. The second kappa shape index (κ2) is 14.7. The molecule has 0 bridgehead atoms. The molecule has 4 heterocycles. The fourth-order valence-electron chi connectivity index (χ4n) is 11.4. The van der Waals surface area contributed by atoms with E-state index in [9.17, 15) is 0 Å². The molecule has 0 spiro atoms. The molecule has 0 amide bonds. The first-order valence-electron chi connectivity index (χ1n) is 23.0. The van der Waals surface area contributed by atoms with Crippen molar-refractivity contribution in [2.75, 3.05) is 0 Å². The lowest BCUT2D eigenvalue weighted by Crippen LogP contribution is -2.74. The fraction of sp³-hybridized carbons (Fsp3) is 0. The average Bonchev–Trinajstić information content (AvgIpc) is 4.14. The molecule has 4 aromatic heterocycles. The van der Waals surface area contributed by atoms with Crippen molar-refractivity contribution in [3.05, 3.63) is 249 Å². The Hall–Kier alpha value is -8.71. The topological polar surface area (TPSA) is 32.1 Å². The standard InChI is InChI=1S/C61H41N5Si/c1-4-22-43(23-5-1)67(44-24-6-2-7-25-44,45-26-8-3-9-27-45)46-28-20-21-42(41-46)63-53-35-16-12-31-49(53)59-57(66-56-38-19-18-37-55(56)65-54-36-17-13-32-50(54)62-61(65)66)39-40-58(60(59)63)64-51-33-14-10-29-47(51)48-30-11-15-34-52(48)64/h1-41H. The number of benzene rings is 10. The zero-order valence-corrected chi connectivity index (χ0v) is 37.4. The van der Waals surface area contributed by atoms with E-state index in [1.54, 1.807) is 0 Å². The van der Waals surface area contributed by atoms with Crippen LogP contribution in [0.4, 0.5) is 0 Å². The molecular formula is C61H41N5Si. The van der Waals surface area contributed by atoms with Crippen molar-refractivity contribution >= 4 is 100 Å². The first kappa shape index (κ1) is 37.6. The van der Waals surface area contributed by atoms with E-state index in [2.05, 4.69) is 267 Å². The molecule has 0 atom stereocenters. The van der Waals surface area contributed by atoms with Crippen molar-refractivity contribution in [2.45, 2.75) is 0 Å². The van der Waals surface area contributed by atoms with E-state index < -0.39 is 8.07 Å². The summed E-state index contributed by atoms with van der Waals surface area (Å²) < 4.78 is 9.74. The monoisotopic (exact) mass is 871 g/mol. The Kier molecular flexibility index (Phi) is 8.23. The van der Waals surface area contributed by atoms with E-state index >= 15 is 0 Å². The third-order valence-electron chi connectivity index (χ3n) is 14.1. The van der Waals surface area contributed by atoms with Crippen molar-refractivity contribution < 1.29 is 0 Å². The van der Waals surface area contributed by atoms with Gasteiger partial charge in [-0.05, 0) is 87.5 Å². The van der Waals surface area contributed by atoms with Crippen molar-refractivity contribution in [3.63, 3.8) is 0 Å². The number of fused-ring (bicyclic) bond motifs is 11. The molecule has 0 aliphatic rings. The van der Waals surface area contributed by atoms with Crippen LogP contribution in [-0.4, -0.2) is 31.2 Å². The van der Waals surface area contributed by atoms with Gasteiger partial charge in [0.05, 0.1) is 55.5 Å². The molecule has 0 N–H and O–H groups in total. The number of hydrogen-bond acceptors (Lipinski definition) is 1. The Labute approximate surface area is 387 Å². The number of imidazole rings is 2. The molecule has 14 aromatic rings. The van der Waals surface area contributed by atoms with Gasteiger partial charge in [0.15, 0.2) is 8.07 Å². The molecule has 10 aromatic carbocycles. The molecule has 0 aliphatic heterocycles. The van der Waals surface area contributed by atoms with Crippen molar-refractivity contribution in [2.24, 2.45) is 0 Å². The van der Waals surface area contributed by atoms with Crippen LogP contribution in [0.15, 0.2) is 249 Å². The van der Waals surface area contributed by atoms with Crippen LogP contribution in [0.2, 0.25) is 0 Å². The number of hydrogen-bond donors (Lipinski definition) is 0. The number of rotatable bonds is 7. The van der Waals surface area contributed by atoms with E-state index in [1.165, 1.54) is 47.9 Å². The molecule has 14 rings (SSSR count). The Morgan fingerprint density at radius 1 is 0.313 bits per heavy atom. The van der Waals surface area contributed by atoms with Gasteiger partial charge in [-0.3, -0.25) is 8.97 Å². The normalized spacial score (nSPS) is 12.2. The van der Waals surface area contributed by atoms with Gasteiger partial charge in [0.2, 0.25) is 5.78 Å². The third kappa shape index (κ3) is 5.33. The highest BCUT2D eigenvalue weighted by Crippen LogP contribution is 2.43. The maximum absolute atomic E-state index is 5.38. The summed E-state index contributed by atoms with van der Waals surface area (Å²) in [5.41, 5.74) is 12.2. The number of nitrogens with zero attached hydrogens (tertiary/aromatic N) is 5. The van der Waals surface area contributed by atoms with E-state index in [4.69, 9.17) is 4.98 Å². The minimum atomic E-state index is -2.88. The van der Waals surface area contributed by atoms with Crippen molar-refractivity contribution in [1.29, 1.82) is 0 Å². The van der Waals surface area contributed by atoms with Crippen LogP contribution in [0.3, 0.4) is 0 Å². The molecule has 67 heavy (non-hydrogen) atoms. The Morgan fingerprint density at radius 3 is 1.39 bits per heavy atom. The second-order valence-corrected chi connectivity index (χ2v) is 21.3. The van der Waals surface area contributed by atoms with Gasteiger partial charge in [0.1, 0.15) is 0 Å². The number of aromatic nitrogens is 5. The maximum Gasteiger partial charge on any atom is 0.220 e. The van der Waals surface area contributed by atoms with Gasteiger partial charge in [0.25, 0.3) is 0 Å². The summed E-state index contributed by atoms with van der Waals surface area (Å²) >= 11 is 0. The highest BCUT2D eigenvalue weighted by molar-refractivity contribution is 7.19. The molecule has 6 heteroatoms. The molecule has 0 saturated carbocycles. The summed E-state index contributed by atoms with van der Waals surface area (Å²) in [7, 11) is -2.88. The summed E-state index contributed by atoms with van der Waals surface area (Å²) in [5, 5.41) is 10.1. The van der Waals surface area contributed by atoms with Crippen LogP contribution >= 0.6 is 0 Å². The predicted molar refractivity (Wildman–Crippen MR) is 282 cm³/mol. The van der Waals surface area contributed by atoms with Crippen LogP contribution in [0.5, 0.6) is 0 Å². The molecule has 0 fully saturated rings. The van der Waals surface area contributed by atoms with E-state index in [0.29, 0.717) is 0 Å². The zero-order chi connectivity index (χ0) is 44.1. The Morgan fingerprint density at radius 2 is 0.776 bits per heavy atom. The lowest BCUT2D eigenvalue weighted by Gasteiger charge is -2.34. The fourth-order valence-corrected chi connectivity index (χ4v) is 16.2. The average molecular weight is 872 g/mol. The minimum absolute atomic E-state index is 0.886. The van der Waals surface area contributed by atoms with E-state index in [0.717, 1.165) is 61.3 Å². The third-order valence-corrected chi connectivity index (χ3v) is 18.9. The van der Waals surface area contributed by atoms with Crippen LogP contribution in [-0.2, 0) is 0 Å². The largest absolute Gasteiger partial charge is 0.307 e. The van der Waals surface area contributed by atoms with Gasteiger partial charge in [-0.2, -0.15) is 0 Å². The summed E-state index contributed by atoms with van der Waals surface area (Å²) in [6, 6.07) is 91.6. The van der Waals surface area contributed by atoms with Gasteiger partial charge in [0, 0.05) is 27.2 Å². The molecular weight excluding hydrogens is 831 g/mol. The van der Waals surface area contributed by atoms with E-state index in [-0.39, 0.29) is 0 Å². The molecule has 5 nitrogen and oxygen atoms in total. The highest BCUT2D eigenvalue weighted by atomic mass is 28.3.